The molecule has 0 aliphatic carbocycles. The molecule has 0 saturated heterocycles. The zero-order chi connectivity index (χ0) is 6.53. The minimum atomic E-state index is 0.108. The normalized spacial score (nSPS) is 24.8. The highest BCUT2D eigenvalue weighted by Crippen LogP contribution is 2.10. The minimum Gasteiger partial charge on any atom is -0.369 e. The van der Waals surface area contributed by atoms with E-state index < -0.39 is 0 Å². The summed E-state index contributed by atoms with van der Waals surface area (Å²) in [5.74, 6) is 0. The summed E-state index contributed by atoms with van der Waals surface area (Å²) in [5, 5.41) is 1.93. The van der Waals surface area contributed by atoms with Crippen molar-refractivity contribution >= 4 is 18.2 Å². The average Bonchev–Trinajstić information content (AvgIpc) is 1.91. The third kappa shape index (κ3) is 2.20. The highest BCUT2D eigenvalue weighted by Gasteiger charge is 2.00. The lowest BCUT2D eigenvalue weighted by Gasteiger charge is -2.07. The van der Waals surface area contributed by atoms with Gasteiger partial charge in [-0.05, 0) is 18.4 Å². The lowest BCUT2D eigenvalue weighted by molar-refractivity contribution is 0.143. The summed E-state index contributed by atoms with van der Waals surface area (Å²) in [4.78, 5) is 0. The van der Waals surface area contributed by atoms with Crippen molar-refractivity contribution in [1.82, 2.24) is 0 Å². The van der Waals surface area contributed by atoms with Gasteiger partial charge in [-0.3, -0.25) is 0 Å². The predicted molar refractivity (Wildman–Crippen MR) is 40.6 cm³/mol. The summed E-state index contributed by atoms with van der Waals surface area (Å²) in [6, 6.07) is 0. The lowest BCUT2D eigenvalue weighted by Crippen LogP contribution is -2.11. The highest BCUT2D eigenvalue weighted by atomic mass is 32.2. The van der Waals surface area contributed by atoms with Crippen LogP contribution in [0.15, 0.2) is 15.9 Å². The molecule has 1 unspecified atom stereocenters. The Kier molecular flexibility index (Phi) is 2.80. The van der Waals surface area contributed by atoms with Gasteiger partial charge in [0.2, 0.25) is 0 Å². The number of hydrogen-bond acceptors (Lipinski definition) is 3. The molecule has 0 radical (unpaired) electrons. The molecular formula is C6H9NOS. The fraction of sp³-hybridized carbons (Fsp3) is 0.500. The second-order valence-corrected chi connectivity index (χ2v) is 2.30. The third-order valence-corrected chi connectivity index (χ3v) is 1.48. The van der Waals surface area contributed by atoms with Crippen LogP contribution in [0.2, 0.25) is 0 Å². The van der Waals surface area contributed by atoms with Gasteiger partial charge in [0.1, 0.15) is 6.10 Å². The first-order valence-corrected chi connectivity index (χ1v) is 3.74. The third-order valence-electron chi connectivity index (χ3n) is 0.957. The lowest BCUT2D eigenvalue weighted by atomic mass is 10.4. The van der Waals surface area contributed by atoms with Gasteiger partial charge in [-0.25, -0.2) is 4.40 Å². The van der Waals surface area contributed by atoms with Crippen LogP contribution in [0.4, 0.5) is 0 Å². The summed E-state index contributed by atoms with van der Waals surface area (Å²) in [5.41, 5.74) is 0. The second kappa shape index (κ2) is 3.69. The molecule has 0 N–H and O–H groups in total. The molecule has 0 spiro atoms. The van der Waals surface area contributed by atoms with Crippen LogP contribution in [-0.2, 0) is 4.74 Å². The van der Waals surface area contributed by atoms with Crippen molar-refractivity contribution < 1.29 is 4.74 Å². The van der Waals surface area contributed by atoms with Crippen LogP contribution in [-0.4, -0.2) is 18.9 Å². The van der Waals surface area contributed by atoms with Gasteiger partial charge in [0.05, 0.1) is 0 Å². The van der Waals surface area contributed by atoms with Crippen molar-refractivity contribution in [3.8, 4) is 0 Å². The van der Waals surface area contributed by atoms with Gasteiger partial charge in [0.25, 0.3) is 0 Å². The van der Waals surface area contributed by atoms with E-state index in [9.17, 15) is 0 Å². The number of ether oxygens (including phenoxy) is 1. The Hall–Kier alpha value is -0.280. The van der Waals surface area contributed by atoms with Crippen molar-refractivity contribution in [2.24, 2.45) is 4.40 Å². The van der Waals surface area contributed by atoms with Crippen LogP contribution in [0.5, 0.6) is 0 Å². The summed E-state index contributed by atoms with van der Waals surface area (Å²) in [6.45, 7) is 2.72. The Labute approximate surface area is 59.1 Å². The average molecular weight is 143 g/mol. The SMILES string of the molecule is CCOC1C=CSN=C1. The summed E-state index contributed by atoms with van der Waals surface area (Å²) in [6.07, 6.45) is 3.89. The molecule has 0 aromatic rings. The Morgan fingerprint density at radius 1 is 1.78 bits per heavy atom. The summed E-state index contributed by atoms with van der Waals surface area (Å²) in [7, 11) is 0. The molecule has 9 heavy (non-hydrogen) atoms. The Morgan fingerprint density at radius 3 is 3.22 bits per heavy atom. The molecule has 3 heteroatoms. The minimum absolute atomic E-state index is 0.108. The molecular weight excluding hydrogens is 134 g/mol. The molecule has 1 rings (SSSR count). The first-order chi connectivity index (χ1) is 4.43. The molecule has 1 aliphatic rings. The fourth-order valence-corrected chi connectivity index (χ4v) is 1.07. The molecule has 1 aliphatic heterocycles. The van der Waals surface area contributed by atoms with E-state index in [2.05, 4.69) is 4.40 Å². The van der Waals surface area contributed by atoms with Crippen LogP contribution in [0.25, 0.3) is 0 Å². The fourth-order valence-electron chi connectivity index (χ4n) is 0.584. The summed E-state index contributed by atoms with van der Waals surface area (Å²) < 4.78 is 9.19. The van der Waals surface area contributed by atoms with E-state index in [0.717, 1.165) is 6.61 Å². The quantitative estimate of drug-likeness (QED) is 0.548. The van der Waals surface area contributed by atoms with E-state index in [1.165, 1.54) is 11.9 Å². The second-order valence-electron chi connectivity index (χ2n) is 1.61. The Bertz CT molecular complexity index is 121. The summed E-state index contributed by atoms with van der Waals surface area (Å²) >= 11 is 1.43. The van der Waals surface area contributed by atoms with Gasteiger partial charge >= 0.3 is 0 Å². The van der Waals surface area contributed by atoms with Crippen LogP contribution >= 0.6 is 11.9 Å². The van der Waals surface area contributed by atoms with E-state index >= 15 is 0 Å². The van der Waals surface area contributed by atoms with E-state index in [4.69, 9.17) is 4.74 Å². The highest BCUT2D eigenvalue weighted by molar-refractivity contribution is 8.01. The molecule has 1 heterocycles. The van der Waals surface area contributed by atoms with Crippen molar-refractivity contribution in [1.29, 1.82) is 0 Å². The van der Waals surface area contributed by atoms with Crippen molar-refractivity contribution in [2.45, 2.75) is 13.0 Å². The molecule has 0 amide bonds. The van der Waals surface area contributed by atoms with Crippen LogP contribution < -0.4 is 0 Å². The first kappa shape index (κ1) is 6.83. The molecule has 0 fully saturated rings. The number of rotatable bonds is 2. The molecule has 0 bridgehead atoms. The van der Waals surface area contributed by atoms with E-state index in [0.29, 0.717) is 0 Å². The standard InChI is InChI=1S/C6H9NOS/c1-2-8-6-3-4-9-7-5-6/h3-6H,2H2,1H3. The van der Waals surface area contributed by atoms with Gasteiger partial charge in [0.15, 0.2) is 0 Å². The number of hydrogen-bond donors (Lipinski definition) is 0. The molecule has 0 aromatic heterocycles. The maximum atomic E-state index is 5.23. The molecule has 1 atom stereocenters. The maximum absolute atomic E-state index is 5.23. The van der Waals surface area contributed by atoms with Gasteiger partial charge in [0, 0.05) is 24.8 Å². The van der Waals surface area contributed by atoms with Crippen molar-refractivity contribution in [3.05, 3.63) is 11.5 Å². The largest absolute Gasteiger partial charge is 0.369 e. The zero-order valence-electron chi connectivity index (χ0n) is 5.28. The Balaban J connectivity index is 2.31. The van der Waals surface area contributed by atoms with Gasteiger partial charge in [-0.2, -0.15) is 0 Å². The smallest absolute Gasteiger partial charge is 0.112 e. The molecule has 50 valence electrons. The zero-order valence-corrected chi connectivity index (χ0v) is 6.10. The van der Waals surface area contributed by atoms with E-state index in [-0.39, 0.29) is 6.10 Å². The van der Waals surface area contributed by atoms with Gasteiger partial charge in [-0.1, -0.05) is 0 Å². The first-order valence-electron chi connectivity index (χ1n) is 2.91. The van der Waals surface area contributed by atoms with E-state index in [1.807, 2.05) is 18.4 Å². The molecule has 2 nitrogen and oxygen atoms in total. The predicted octanol–water partition coefficient (Wildman–Crippen LogP) is 1.64. The monoisotopic (exact) mass is 143 g/mol. The van der Waals surface area contributed by atoms with E-state index in [1.54, 1.807) is 6.21 Å². The van der Waals surface area contributed by atoms with Crippen LogP contribution in [0.1, 0.15) is 6.92 Å². The molecule has 0 aromatic carbocycles. The van der Waals surface area contributed by atoms with Gasteiger partial charge < -0.3 is 4.74 Å². The molecule has 0 saturated carbocycles. The van der Waals surface area contributed by atoms with Crippen molar-refractivity contribution in [3.63, 3.8) is 0 Å². The van der Waals surface area contributed by atoms with Crippen LogP contribution in [0, 0.1) is 0 Å². The van der Waals surface area contributed by atoms with Crippen LogP contribution in [0.3, 0.4) is 0 Å². The number of nitrogens with zero attached hydrogens (tertiary/aromatic N) is 1. The van der Waals surface area contributed by atoms with Crippen molar-refractivity contribution in [2.75, 3.05) is 6.61 Å². The topological polar surface area (TPSA) is 21.6 Å². The maximum Gasteiger partial charge on any atom is 0.112 e. The Morgan fingerprint density at radius 2 is 2.67 bits per heavy atom. The van der Waals surface area contributed by atoms with Gasteiger partial charge in [-0.15, -0.1) is 0 Å².